The van der Waals surface area contributed by atoms with Crippen LogP contribution in [0.2, 0.25) is 0 Å². The molecule has 0 radical (unpaired) electrons. The summed E-state index contributed by atoms with van der Waals surface area (Å²) in [6, 6.07) is 0. The number of hydrogen-bond acceptors (Lipinski definition) is 11. The van der Waals surface area contributed by atoms with Gasteiger partial charge in [0, 0.05) is 0 Å². The molecule has 12 heteroatoms. The standard InChI is InChI=1S/C23H45FO11/c1-2-35-23(25)3-5-26-7-9-28-11-13-30-15-17-32-19-21-34-22-20-33-18-16-31-14-12-29-10-8-27-6-4-24/h2-22H2,1H3. The highest BCUT2D eigenvalue weighted by Gasteiger charge is 2.00. The number of hydrogen-bond donors (Lipinski definition) is 0. The van der Waals surface area contributed by atoms with Gasteiger partial charge in [-0.25, -0.2) is 4.39 Å². The molecule has 0 aliphatic carbocycles. The molecule has 0 N–H and O–H groups in total. The van der Waals surface area contributed by atoms with Crippen LogP contribution in [-0.4, -0.2) is 138 Å². The third kappa shape index (κ3) is 31.0. The summed E-state index contributed by atoms with van der Waals surface area (Å²) in [6.07, 6.45) is 0.256. The summed E-state index contributed by atoms with van der Waals surface area (Å²) >= 11 is 0. The van der Waals surface area contributed by atoms with E-state index in [9.17, 15) is 9.18 Å². The second kappa shape index (κ2) is 31.1. The van der Waals surface area contributed by atoms with Crippen molar-refractivity contribution in [2.45, 2.75) is 13.3 Å². The normalized spacial score (nSPS) is 11.3. The SMILES string of the molecule is CCOC(=O)CCOCCOCCOCCOCCOCCOCCOCCOCCOCCF. The highest BCUT2D eigenvalue weighted by Crippen LogP contribution is 1.89. The van der Waals surface area contributed by atoms with E-state index < -0.39 is 6.67 Å². The van der Waals surface area contributed by atoms with Gasteiger partial charge in [0.2, 0.25) is 0 Å². The first kappa shape index (κ1) is 34.0. The summed E-state index contributed by atoms with van der Waals surface area (Å²) < 4.78 is 64.4. The number of esters is 1. The summed E-state index contributed by atoms with van der Waals surface area (Å²) in [6.45, 7) is 9.65. The number of alkyl halides is 1. The average Bonchev–Trinajstić information content (AvgIpc) is 2.86. The van der Waals surface area contributed by atoms with Crippen molar-refractivity contribution in [2.75, 3.05) is 132 Å². The molecule has 0 spiro atoms. The van der Waals surface area contributed by atoms with E-state index in [1.807, 2.05) is 0 Å². The summed E-state index contributed by atoms with van der Waals surface area (Å²) in [7, 11) is 0. The number of carbonyl (C=O) groups excluding carboxylic acids is 1. The third-order valence-corrected chi connectivity index (χ3v) is 3.95. The van der Waals surface area contributed by atoms with Crippen LogP contribution in [0.25, 0.3) is 0 Å². The first-order valence-corrected chi connectivity index (χ1v) is 12.2. The van der Waals surface area contributed by atoms with Gasteiger partial charge in [-0.3, -0.25) is 4.79 Å². The average molecular weight is 517 g/mol. The van der Waals surface area contributed by atoms with E-state index in [1.54, 1.807) is 6.92 Å². The fraction of sp³-hybridized carbons (Fsp3) is 0.957. The zero-order valence-corrected chi connectivity index (χ0v) is 21.2. The highest BCUT2D eigenvalue weighted by molar-refractivity contribution is 5.69. The molecule has 35 heavy (non-hydrogen) atoms. The minimum Gasteiger partial charge on any atom is -0.466 e. The summed E-state index contributed by atoms with van der Waals surface area (Å²) in [4.78, 5) is 11.1. The second-order valence-corrected chi connectivity index (χ2v) is 6.76. The Bertz CT molecular complexity index is 419. The predicted molar refractivity (Wildman–Crippen MR) is 125 cm³/mol. The lowest BCUT2D eigenvalue weighted by Gasteiger charge is -2.08. The fourth-order valence-electron chi connectivity index (χ4n) is 2.30. The molecule has 0 saturated carbocycles. The Morgan fingerprint density at radius 2 is 0.714 bits per heavy atom. The minimum absolute atomic E-state index is 0.112. The summed E-state index contributed by atoms with van der Waals surface area (Å²) in [5, 5.41) is 0. The van der Waals surface area contributed by atoms with Crippen molar-refractivity contribution in [1.82, 2.24) is 0 Å². The van der Waals surface area contributed by atoms with Crippen molar-refractivity contribution in [3.8, 4) is 0 Å². The molecule has 0 unspecified atom stereocenters. The van der Waals surface area contributed by atoms with Crippen LogP contribution in [0.4, 0.5) is 4.39 Å². The Morgan fingerprint density at radius 3 is 0.971 bits per heavy atom. The fourth-order valence-corrected chi connectivity index (χ4v) is 2.30. The van der Waals surface area contributed by atoms with Crippen LogP contribution >= 0.6 is 0 Å². The quantitative estimate of drug-likeness (QED) is 0.101. The molecule has 0 saturated heterocycles. The topological polar surface area (TPSA) is 109 Å². The lowest BCUT2D eigenvalue weighted by molar-refractivity contribution is -0.144. The Labute approximate surface area is 208 Å². The maximum atomic E-state index is 11.8. The third-order valence-electron chi connectivity index (χ3n) is 3.95. The Balaban J connectivity index is 3.04. The Hall–Kier alpha value is -0.960. The molecular weight excluding hydrogens is 471 g/mol. The van der Waals surface area contributed by atoms with E-state index in [-0.39, 0.29) is 19.0 Å². The van der Waals surface area contributed by atoms with E-state index in [1.165, 1.54) is 0 Å². The first-order chi connectivity index (χ1) is 17.3. The monoisotopic (exact) mass is 516 g/mol. The number of halogens is 1. The lowest BCUT2D eigenvalue weighted by Crippen LogP contribution is -2.15. The number of rotatable bonds is 30. The molecule has 0 aliphatic heterocycles. The van der Waals surface area contributed by atoms with Crippen LogP contribution in [0.1, 0.15) is 13.3 Å². The van der Waals surface area contributed by atoms with E-state index in [0.717, 1.165) is 0 Å². The maximum absolute atomic E-state index is 11.8. The molecule has 0 amide bonds. The molecule has 0 aromatic heterocycles. The van der Waals surface area contributed by atoms with Crippen LogP contribution in [0.5, 0.6) is 0 Å². The highest BCUT2D eigenvalue weighted by atomic mass is 19.1. The van der Waals surface area contributed by atoms with Crippen molar-refractivity contribution in [3.63, 3.8) is 0 Å². The summed E-state index contributed by atoms with van der Waals surface area (Å²) in [5.74, 6) is -0.253. The largest absolute Gasteiger partial charge is 0.466 e. The van der Waals surface area contributed by atoms with Crippen LogP contribution in [0.3, 0.4) is 0 Å². The molecule has 0 aliphatic rings. The molecule has 11 nitrogen and oxygen atoms in total. The van der Waals surface area contributed by atoms with Gasteiger partial charge in [0.05, 0.1) is 132 Å². The van der Waals surface area contributed by atoms with Gasteiger partial charge in [-0.05, 0) is 6.92 Å². The van der Waals surface area contributed by atoms with Gasteiger partial charge >= 0.3 is 5.97 Å². The lowest BCUT2D eigenvalue weighted by atomic mass is 10.5. The molecule has 0 heterocycles. The zero-order chi connectivity index (χ0) is 25.5. The van der Waals surface area contributed by atoms with E-state index in [0.29, 0.717) is 119 Å². The van der Waals surface area contributed by atoms with Crippen LogP contribution < -0.4 is 0 Å². The Morgan fingerprint density at radius 1 is 0.457 bits per heavy atom. The maximum Gasteiger partial charge on any atom is 0.308 e. The molecule has 0 bridgehead atoms. The van der Waals surface area contributed by atoms with Crippen molar-refractivity contribution < 1.29 is 56.6 Å². The number of carbonyl (C=O) groups is 1. The summed E-state index contributed by atoms with van der Waals surface area (Å²) in [5.41, 5.74) is 0. The van der Waals surface area contributed by atoms with Gasteiger partial charge in [0.15, 0.2) is 0 Å². The zero-order valence-electron chi connectivity index (χ0n) is 21.2. The van der Waals surface area contributed by atoms with Gasteiger partial charge in [-0.1, -0.05) is 0 Å². The van der Waals surface area contributed by atoms with Gasteiger partial charge in [-0.15, -0.1) is 0 Å². The molecule has 210 valence electrons. The first-order valence-electron chi connectivity index (χ1n) is 12.2. The molecule has 0 rings (SSSR count). The van der Waals surface area contributed by atoms with Crippen LogP contribution in [-0.2, 0) is 52.2 Å². The van der Waals surface area contributed by atoms with Crippen molar-refractivity contribution in [1.29, 1.82) is 0 Å². The van der Waals surface area contributed by atoms with Crippen LogP contribution in [0, 0.1) is 0 Å². The van der Waals surface area contributed by atoms with Gasteiger partial charge in [-0.2, -0.15) is 0 Å². The number of ether oxygens (including phenoxy) is 10. The van der Waals surface area contributed by atoms with E-state index in [2.05, 4.69) is 0 Å². The molecule has 0 fully saturated rings. The van der Waals surface area contributed by atoms with E-state index in [4.69, 9.17) is 47.4 Å². The molecule has 0 aromatic rings. The Kier molecular flexibility index (Phi) is 30.2. The van der Waals surface area contributed by atoms with Gasteiger partial charge in [0.1, 0.15) is 6.67 Å². The van der Waals surface area contributed by atoms with Gasteiger partial charge in [0.25, 0.3) is 0 Å². The second-order valence-electron chi connectivity index (χ2n) is 6.76. The van der Waals surface area contributed by atoms with E-state index >= 15 is 0 Å². The van der Waals surface area contributed by atoms with Crippen molar-refractivity contribution >= 4 is 5.97 Å². The van der Waals surface area contributed by atoms with Crippen LogP contribution in [0.15, 0.2) is 0 Å². The molecule has 0 aromatic carbocycles. The smallest absolute Gasteiger partial charge is 0.308 e. The predicted octanol–water partition coefficient (Wildman–Crippen LogP) is 1.06. The minimum atomic E-state index is -0.476. The molecule has 0 atom stereocenters. The van der Waals surface area contributed by atoms with Gasteiger partial charge < -0.3 is 47.4 Å². The molecular formula is C23H45FO11. The van der Waals surface area contributed by atoms with Crippen molar-refractivity contribution in [2.24, 2.45) is 0 Å². The van der Waals surface area contributed by atoms with Crippen molar-refractivity contribution in [3.05, 3.63) is 0 Å².